The van der Waals surface area contributed by atoms with Crippen molar-refractivity contribution in [2.75, 3.05) is 0 Å². The van der Waals surface area contributed by atoms with Gasteiger partial charge in [0.25, 0.3) is 0 Å². The van der Waals surface area contributed by atoms with Crippen LogP contribution in [0.4, 0.5) is 0 Å². The highest BCUT2D eigenvalue weighted by atomic mass is 16.6. The molecule has 0 aromatic rings. The first-order chi connectivity index (χ1) is 17.0. The van der Waals surface area contributed by atoms with Gasteiger partial charge in [0, 0.05) is 32.6 Å². The lowest BCUT2D eigenvalue weighted by Crippen LogP contribution is -2.73. The van der Waals surface area contributed by atoms with E-state index in [1.807, 2.05) is 6.92 Å². The van der Waals surface area contributed by atoms with E-state index in [9.17, 15) is 29.4 Å². The molecule has 0 unspecified atom stereocenters. The van der Waals surface area contributed by atoms with E-state index >= 15 is 0 Å². The number of hydrogen-bond donors (Lipinski definition) is 2. The molecule has 1 saturated carbocycles. The largest absolute Gasteiger partial charge is 0.462 e. The summed E-state index contributed by atoms with van der Waals surface area (Å²) < 4.78 is 23.2. The van der Waals surface area contributed by atoms with Crippen LogP contribution in [0.5, 0.6) is 0 Å². The Hall–Kier alpha value is -2.46. The highest BCUT2D eigenvalue weighted by molar-refractivity contribution is 5.78. The molecule has 10 heteroatoms. The van der Waals surface area contributed by atoms with Crippen molar-refractivity contribution in [1.29, 1.82) is 0 Å². The number of aliphatic hydroxyl groups is 2. The first kappa shape index (κ1) is 29.1. The summed E-state index contributed by atoms with van der Waals surface area (Å²) in [6.45, 7) is 12.3. The van der Waals surface area contributed by atoms with Crippen LogP contribution < -0.4 is 0 Å². The number of carbonyl (C=O) groups is 4. The second kappa shape index (κ2) is 10.0. The van der Waals surface area contributed by atoms with Crippen LogP contribution in [0, 0.1) is 22.7 Å². The molecule has 0 spiro atoms. The van der Waals surface area contributed by atoms with Gasteiger partial charge in [-0.1, -0.05) is 26.3 Å². The maximum absolute atomic E-state index is 12.8. The molecule has 2 aliphatic carbocycles. The molecule has 10 atom stereocenters. The zero-order chi connectivity index (χ0) is 28.1. The Labute approximate surface area is 217 Å². The molecule has 0 aromatic heterocycles. The smallest absolute Gasteiger partial charge is 0.312 e. The Bertz CT molecular complexity index is 990. The summed E-state index contributed by atoms with van der Waals surface area (Å²) >= 11 is 0. The van der Waals surface area contributed by atoms with Gasteiger partial charge in [-0.2, -0.15) is 0 Å². The van der Waals surface area contributed by atoms with E-state index in [1.54, 1.807) is 26.8 Å². The standard InChI is InChI=1S/C27H40O10/c1-13-9-10-20(34-16(4)28)26(8)21(35-17(5)29)12-19(31)14(2)25(26,7)24(36-18(6)30)27(33)15(3)23(32)37-22(27)11-13/h11,14-15,19-22,24,31,33H,9-10,12H2,1-8H3/b13-11+/t14-,15-,19-,20-,21-,22-,24+,25+,26-,27-/m0/s1. The van der Waals surface area contributed by atoms with Crippen LogP contribution in [0.15, 0.2) is 11.6 Å². The van der Waals surface area contributed by atoms with Crippen LogP contribution in [-0.2, 0) is 38.1 Å². The number of aliphatic hydroxyl groups excluding tert-OH is 1. The quantitative estimate of drug-likeness (QED) is 0.320. The molecular weight excluding hydrogens is 484 g/mol. The van der Waals surface area contributed by atoms with E-state index in [0.29, 0.717) is 12.8 Å². The van der Waals surface area contributed by atoms with Gasteiger partial charge in [-0.15, -0.1) is 0 Å². The van der Waals surface area contributed by atoms with E-state index in [1.165, 1.54) is 27.7 Å². The van der Waals surface area contributed by atoms with Gasteiger partial charge in [0.2, 0.25) is 0 Å². The van der Waals surface area contributed by atoms with Crippen molar-refractivity contribution in [3.05, 3.63) is 11.6 Å². The molecule has 37 heavy (non-hydrogen) atoms. The summed E-state index contributed by atoms with van der Waals surface area (Å²) in [6.07, 6.45) is -3.00. The van der Waals surface area contributed by atoms with Crippen LogP contribution in [0.25, 0.3) is 0 Å². The zero-order valence-electron chi connectivity index (χ0n) is 22.9. The third-order valence-electron chi connectivity index (χ3n) is 9.32. The summed E-state index contributed by atoms with van der Waals surface area (Å²) in [5.41, 5.74) is -3.93. The number of ether oxygens (including phenoxy) is 4. The second-order valence-electron chi connectivity index (χ2n) is 11.4. The molecule has 2 N–H and O–H groups in total. The monoisotopic (exact) mass is 524 g/mol. The average Bonchev–Trinajstić information content (AvgIpc) is 2.99. The maximum atomic E-state index is 12.8. The first-order valence-corrected chi connectivity index (χ1v) is 12.8. The third kappa shape index (κ3) is 4.56. The predicted octanol–water partition coefficient (Wildman–Crippen LogP) is 2.23. The molecule has 3 aliphatic rings. The maximum Gasteiger partial charge on any atom is 0.312 e. The average molecular weight is 525 g/mol. The molecule has 1 heterocycles. The number of rotatable bonds is 3. The van der Waals surface area contributed by atoms with E-state index in [2.05, 4.69) is 0 Å². The SMILES string of the molecule is CC(=O)O[C@H]1CC/C(C)=C/[C@@H]2OC(=O)[C@H](C)[C@@]2(O)[C@H](OC(C)=O)[C@@]2(C)[C@@H](C)[C@@H](O)C[C@H](OC(C)=O)[C@]12C. The van der Waals surface area contributed by atoms with Gasteiger partial charge in [-0.05, 0) is 38.7 Å². The van der Waals surface area contributed by atoms with Crippen molar-refractivity contribution in [3.8, 4) is 0 Å². The van der Waals surface area contributed by atoms with Gasteiger partial charge in [-0.3, -0.25) is 19.2 Å². The minimum Gasteiger partial charge on any atom is -0.462 e. The Morgan fingerprint density at radius 3 is 2.05 bits per heavy atom. The van der Waals surface area contributed by atoms with Crippen molar-refractivity contribution >= 4 is 23.9 Å². The topological polar surface area (TPSA) is 146 Å². The molecule has 208 valence electrons. The molecule has 0 bridgehead atoms. The zero-order valence-corrected chi connectivity index (χ0v) is 22.9. The molecule has 3 rings (SSSR count). The molecule has 0 radical (unpaired) electrons. The van der Waals surface area contributed by atoms with Gasteiger partial charge < -0.3 is 29.2 Å². The minimum atomic E-state index is -2.04. The fourth-order valence-corrected chi connectivity index (χ4v) is 6.90. The number of carbonyl (C=O) groups excluding carboxylic acids is 4. The lowest BCUT2D eigenvalue weighted by molar-refractivity contribution is -0.288. The normalized spacial score (nSPS) is 45.3. The van der Waals surface area contributed by atoms with E-state index < -0.39 is 82.7 Å². The van der Waals surface area contributed by atoms with Gasteiger partial charge >= 0.3 is 23.9 Å². The van der Waals surface area contributed by atoms with E-state index in [4.69, 9.17) is 18.9 Å². The van der Waals surface area contributed by atoms with E-state index in [0.717, 1.165) is 5.57 Å². The van der Waals surface area contributed by atoms with Crippen LogP contribution in [0.2, 0.25) is 0 Å². The number of allylic oxidation sites excluding steroid dienone is 1. The first-order valence-electron chi connectivity index (χ1n) is 12.8. The highest BCUT2D eigenvalue weighted by Gasteiger charge is 2.74. The molecular formula is C27H40O10. The highest BCUT2D eigenvalue weighted by Crippen LogP contribution is 2.63. The summed E-state index contributed by atoms with van der Waals surface area (Å²) in [5.74, 6) is -4.29. The van der Waals surface area contributed by atoms with Crippen molar-refractivity contribution < 1.29 is 48.3 Å². The Balaban J connectivity index is 2.44. The third-order valence-corrected chi connectivity index (χ3v) is 9.32. The molecule has 1 aliphatic heterocycles. The Morgan fingerprint density at radius 2 is 1.51 bits per heavy atom. The van der Waals surface area contributed by atoms with Crippen molar-refractivity contribution in [1.82, 2.24) is 0 Å². The number of fused-ring (bicyclic) bond motifs is 2. The summed E-state index contributed by atoms with van der Waals surface area (Å²) in [4.78, 5) is 50.0. The lowest BCUT2D eigenvalue weighted by atomic mass is 9.44. The molecule has 0 aromatic carbocycles. The summed E-state index contributed by atoms with van der Waals surface area (Å²) in [5, 5.41) is 23.6. The fourth-order valence-electron chi connectivity index (χ4n) is 6.90. The predicted molar refractivity (Wildman–Crippen MR) is 130 cm³/mol. The molecule has 10 nitrogen and oxygen atoms in total. The fraction of sp³-hybridized carbons (Fsp3) is 0.778. The molecule has 1 saturated heterocycles. The van der Waals surface area contributed by atoms with Gasteiger partial charge in [-0.25, -0.2) is 0 Å². The number of esters is 4. The minimum absolute atomic E-state index is 0.0407. The van der Waals surface area contributed by atoms with Gasteiger partial charge in [0.05, 0.1) is 17.4 Å². The van der Waals surface area contributed by atoms with E-state index in [-0.39, 0.29) is 6.42 Å². The Kier molecular flexibility index (Phi) is 7.88. The van der Waals surface area contributed by atoms with Gasteiger partial charge in [0.1, 0.15) is 18.3 Å². The molecule has 0 amide bonds. The van der Waals surface area contributed by atoms with Crippen molar-refractivity contribution in [2.45, 2.75) is 111 Å². The van der Waals surface area contributed by atoms with Crippen LogP contribution >= 0.6 is 0 Å². The van der Waals surface area contributed by atoms with Gasteiger partial charge in [0.15, 0.2) is 11.7 Å². The lowest BCUT2D eigenvalue weighted by Gasteiger charge is -2.64. The van der Waals surface area contributed by atoms with Crippen molar-refractivity contribution in [2.24, 2.45) is 22.7 Å². The van der Waals surface area contributed by atoms with Crippen LogP contribution in [0.3, 0.4) is 0 Å². The summed E-state index contributed by atoms with van der Waals surface area (Å²) in [7, 11) is 0. The second-order valence-corrected chi connectivity index (χ2v) is 11.4. The van der Waals surface area contributed by atoms with Crippen LogP contribution in [0.1, 0.15) is 74.7 Å². The number of hydrogen-bond acceptors (Lipinski definition) is 10. The van der Waals surface area contributed by atoms with Crippen molar-refractivity contribution in [3.63, 3.8) is 0 Å². The summed E-state index contributed by atoms with van der Waals surface area (Å²) in [6, 6.07) is 0. The molecule has 2 fully saturated rings. The van der Waals surface area contributed by atoms with Crippen LogP contribution in [-0.4, -0.2) is 70.2 Å². The Morgan fingerprint density at radius 1 is 0.973 bits per heavy atom.